The Bertz CT molecular complexity index is 2290. The predicted octanol–water partition coefficient (Wildman–Crippen LogP) is 5.60. The first-order valence-corrected chi connectivity index (χ1v) is 21.5. The highest BCUT2D eigenvalue weighted by molar-refractivity contribution is 6.06. The zero-order chi connectivity index (χ0) is 40.2. The van der Waals surface area contributed by atoms with Crippen molar-refractivity contribution in [3.8, 4) is 5.75 Å². The number of carbonyl (C=O) groups is 4. The van der Waals surface area contributed by atoms with E-state index in [2.05, 4.69) is 100 Å². The number of nitrogens with one attached hydrogen (secondary N) is 2. The van der Waals surface area contributed by atoms with Gasteiger partial charge in [-0.15, -0.1) is 0 Å². The average molecular weight is 793 g/mol. The largest absolute Gasteiger partial charge is 0.489 e. The maximum absolute atomic E-state index is 13.7. The van der Waals surface area contributed by atoms with Gasteiger partial charge in [-0.1, -0.05) is 66.2 Å². The third-order valence-electron chi connectivity index (χ3n) is 13.8. The number of anilines is 2. The molecule has 11 nitrogen and oxygen atoms in total. The minimum absolute atomic E-state index is 0.0178. The van der Waals surface area contributed by atoms with Gasteiger partial charge >= 0.3 is 0 Å². The second kappa shape index (κ2) is 15.5. The molecule has 1 aliphatic carbocycles. The van der Waals surface area contributed by atoms with Crippen molar-refractivity contribution in [1.82, 2.24) is 20.0 Å². The molecule has 0 radical (unpaired) electrons. The van der Waals surface area contributed by atoms with Gasteiger partial charge in [-0.2, -0.15) is 0 Å². The summed E-state index contributed by atoms with van der Waals surface area (Å²) in [6.07, 6.45) is 4.77. The van der Waals surface area contributed by atoms with Gasteiger partial charge in [0.25, 0.3) is 5.91 Å². The Labute approximate surface area is 345 Å². The predicted molar refractivity (Wildman–Crippen MR) is 226 cm³/mol. The smallest absolute Gasteiger partial charge is 0.255 e. The topological polar surface area (TPSA) is 115 Å². The molecule has 4 amide bonds. The van der Waals surface area contributed by atoms with E-state index in [9.17, 15) is 19.2 Å². The van der Waals surface area contributed by atoms with E-state index in [1.54, 1.807) is 11.0 Å². The van der Waals surface area contributed by atoms with Crippen LogP contribution in [0.4, 0.5) is 11.4 Å². The van der Waals surface area contributed by atoms with Crippen molar-refractivity contribution in [2.24, 2.45) is 0 Å². The molecule has 0 saturated carbocycles. The van der Waals surface area contributed by atoms with Crippen molar-refractivity contribution >= 4 is 35.0 Å². The number of rotatable bonds is 7. The minimum Gasteiger partial charge on any atom is -0.489 e. The molecule has 10 rings (SSSR count). The van der Waals surface area contributed by atoms with Crippen LogP contribution in [0.25, 0.3) is 0 Å². The molecule has 4 aromatic carbocycles. The SMILES string of the molecule is Cc1ccc2c(c1)CC[C@H](c1ccccc1)[C@@H]2c1ccc(NC2CCN(CC(=O)N3CCN4c5cc6c(cc5OC[C@@H]4C3)C(=O)N(C3CCC(=O)NC3=O)C6)CC2)cc1. The number of nitrogens with zero attached hydrogens (tertiary/aromatic N) is 4. The van der Waals surface area contributed by atoms with Crippen LogP contribution in [0.3, 0.4) is 0 Å². The summed E-state index contributed by atoms with van der Waals surface area (Å²) in [5, 5.41) is 6.18. The molecule has 59 heavy (non-hydrogen) atoms. The van der Waals surface area contributed by atoms with Crippen molar-refractivity contribution in [2.45, 2.75) is 82.0 Å². The zero-order valence-corrected chi connectivity index (χ0v) is 33.7. The van der Waals surface area contributed by atoms with Gasteiger partial charge in [0.1, 0.15) is 18.4 Å². The number of likely N-dealkylation sites (tertiary alicyclic amines) is 1. The van der Waals surface area contributed by atoms with E-state index in [1.165, 1.54) is 27.8 Å². The van der Waals surface area contributed by atoms with Crippen LogP contribution in [0.1, 0.15) is 87.7 Å². The Morgan fingerprint density at radius 3 is 2.42 bits per heavy atom. The highest BCUT2D eigenvalue weighted by Gasteiger charge is 2.42. The Kier molecular flexibility index (Phi) is 9.87. The first-order valence-electron chi connectivity index (χ1n) is 21.5. The van der Waals surface area contributed by atoms with Gasteiger partial charge in [0.2, 0.25) is 17.7 Å². The third kappa shape index (κ3) is 7.23. The minimum atomic E-state index is -0.656. The summed E-state index contributed by atoms with van der Waals surface area (Å²) in [5.41, 5.74) is 10.5. The molecule has 3 fully saturated rings. The van der Waals surface area contributed by atoms with E-state index in [1.807, 2.05) is 11.0 Å². The molecule has 5 aliphatic heterocycles. The summed E-state index contributed by atoms with van der Waals surface area (Å²) in [6, 6.07) is 30.7. The van der Waals surface area contributed by atoms with E-state index in [0.717, 1.165) is 55.7 Å². The molecule has 3 saturated heterocycles. The summed E-state index contributed by atoms with van der Waals surface area (Å²) < 4.78 is 6.21. The Morgan fingerprint density at radius 2 is 1.63 bits per heavy atom. The molecule has 1 unspecified atom stereocenters. The van der Waals surface area contributed by atoms with E-state index >= 15 is 0 Å². The van der Waals surface area contributed by atoms with E-state index in [-0.39, 0.29) is 30.2 Å². The number of carbonyl (C=O) groups excluding carboxylic acids is 4. The van der Waals surface area contributed by atoms with Gasteiger partial charge in [0.15, 0.2) is 0 Å². The van der Waals surface area contributed by atoms with E-state index < -0.39 is 11.9 Å². The fraction of sp³-hybridized carbons (Fsp3) is 0.417. The summed E-state index contributed by atoms with van der Waals surface area (Å²) >= 11 is 0. The normalized spacial score (nSPS) is 24.4. The van der Waals surface area contributed by atoms with Crippen LogP contribution in [0.2, 0.25) is 0 Å². The number of ether oxygens (including phenoxy) is 1. The molecule has 11 heteroatoms. The molecule has 4 aromatic rings. The number of piperidine rings is 2. The molecule has 5 heterocycles. The van der Waals surface area contributed by atoms with Crippen LogP contribution in [-0.4, -0.2) is 102 Å². The van der Waals surface area contributed by atoms with Crippen molar-refractivity contribution in [3.05, 3.63) is 124 Å². The number of hydrogen-bond acceptors (Lipinski definition) is 8. The van der Waals surface area contributed by atoms with Gasteiger partial charge in [-0.05, 0) is 97.0 Å². The molecule has 304 valence electrons. The highest BCUT2D eigenvalue weighted by Crippen LogP contribution is 2.47. The van der Waals surface area contributed by atoms with Crippen molar-refractivity contribution in [2.75, 3.05) is 56.1 Å². The first-order chi connectivity index (χ1) is 28.8. The summed E-state index contributed by atoms with van der Waals surface area (Å²) in [4.78, 5) is 59.4. The van der Waals surface area contributed by atoms with Crippen LogP contribution in [0, 0.1) is 6.92 Å². The molecule has 2 N–H and O–H groups in total. The molecule has 4 atom stereocenters. The molecule has 0 spiro atoms. The fourth-order valence-corrected chi connectivity index (χ4v) is 10.6. The second-order valence-electron chi connectivity index (χ2n) is 17.4. The van der Waals surface area contributed by atoms with E-state index in [0.29, 0.717) is 74.9 Å². The molecule has 6 aliphatic rings. The van der Waals surface area contributed by atoms with Crippen LogP contribution >= 0.6 is 0 Å². The van der Waals surface area contributed by atoms with Gasteiger partial charge < -0.3 is 24.8 Å². The highest BCUT2D eigenvalue weighted by atomic mass is 16.5. The van der Waals surface area contributed by atoms with Crippen LogP contribution < -0.4 is 20.3 Å². The monoisotopic (exact) mass is 792 g/mol. The lowest BCUT2D eigenvalue weighted by atomic mass is 9.69. The number of benzene rings is 4. The molecular formula is C48H52N6O5. The summed E-state index contributed by atoms with van der Waals surface area (Å²) in [5.74, 6) is 0.670. The van der Waals surface area contributed by atoms with Gasteiger partial charge in [-0.3, -0.25) is 29.4 Å². The molecule has 0 bridgehead atoms. The lowest BCUT2D eigenvalue weighted by molar-refractivity contribution is -0.137. The molecular weight excluding hydrogens is 741 g/mol. The van der Waals surface area contributed by atoms with Gasteiger partial charge in [-0.25, -0.2) is 0 Å². The standard InChI is InChI=1S/C48H52N6O5/c1-30-7-13-39-33(23-30)10-14-38(31-5-3-2-4-6-31)46(39)32-8-11-35(12-9-32)49-36-17-19-51(20-18-36)28-45(56)52-21-22-53-37(27-52)29-59-43-25-40-34(24-42(43)53)26-54(48(40)58)41-15-16-44(55)50-47(41)57/h2-9,11-13,23-25,36-38,41,46,49H,10,14-22,26-29H2,1H3,(H,50,55,57)/t37-,38+,41?,46-/m0/s1. The lowest BCUT2D eigenvalue weighted by Crippen LogP contribution is -2.59. The van der Waals surface area contributed by atoms with Crippen LogP contribution in [0.15, 0.2) is 84.9 Å². The van der Waals surface area contributed by atoms with Crippen LogP contribution in [-0.2, 0) is 27.3 Å². The maximum Gasteiger partial charge on any atom is 0.255 e. The summed E-state index contributed by atoms with van der Waals surface area (Å²) in [6.45, 7) is 7.00. The van der Waals surface area contributed by atoms with Crippen LogP contribution in [0.5, 0.6) is 5.75 Å². The number of imide groups is 1. The number of aryl methyl sites for hydroxylation is 2. The zero-order valence-electron chi connectivity index (χ0n) is 33.7. The van der Waals surface area contributed by atoms with Gasteiger partial charge in [0, 0.05) is 68.9 Å². The number of piperazine rings is 1. The van der Waals surface area contributed by atoms with Crippen molar-refractivity contribution < 1.29 is 23.9 Å². The third-order valence-corrected chi connectivity index (χ3v) is 13.8. The van der Waals surface area contributed by atoms with Gasteiger partial charge in [0.05, 0.1) is 18.3 Å². The molecule has 0 aromatic heterocycles. The quantitative estimate of drug-likeness (QED) is 0.233. The lowest BCUT2D eigenvalue weighted by Gasteiger charge is -2.46. The fourth-order valence-electron chi connectivity index (χ4n) is 10.6. The second-order valence-corrected chi connectivity index (χ2v) is 17.4. The Morgan fingerprint density at radius 1 is 0.814 bits per heavy atom. The number of hydrogen-bond donors (Lipinski definition) is 2. The number of amides is 4. The van der Waals surface area contributed by atoms with Crippen molar-refractivity contribution in [1.29, 1.82) is 0 Å². The van der Waals surface area contributed by atoms with E-state index in [4.69, 9.17) is 4.74 Å². The Hall–Kier alpha value is -5.68. The first kappa shape index (κ1) is 37.6. The summed E-state index contributed by atoms with van der Waals surface area (Å²) in [7, 11) is 0. The average Bonchev–Trinajstić information content (AvgIpc) is 3.57. The Balaban J connectivity index is 0.725. The van der Waals surface area contributed by atoms with Crippen molar-refractivity contribution in [3.63, 3.8) is 0 Å². The maximum atomic E-state index is 13.7. The number of fused-ring (bicyclic) bond motifs is 5.